The van der Waals surface area contributed by atoms with Gasteiger partial charge in [0, 0.05) is 26.7 Å². The highest BCUT2D eigenvalue weighted by molar-refractivity contribution is 8.00. The molecule has 1 amide bonds. The molecule has 0 saturated heterocycles. The second kappa shape index (κ2) is 9.33. The second-order valence-corrected chi connectivity index (χ2v) is 8.10. The van der Waals surface area contributed by atoms with Crippen molar-refractivity contribution in [2.75, 3.05) is 19.5 Å². The Kier molecular flexibility index (Phi) is 7.36. The van der Waals surface area contributed by atoms with Crippen molar-refractivity contribution in [3.8, 4) is 0 Å². The first kappa shape index (κ1) is 22.1. The number of hydrogen-bond donors (Lipinski definition) is 1. The molecular weight excluding hydrogens is 382 g/mol. The molecule has 9 nitrogen and oxygen atoms in total. The lowest BCUT2D eigenvalue weighted by Gasteiger charge is -2.15. The van der Waals surface area contributed by atoms with Gasteiger partial charge in [0.1, 0.15) is 16.2 Å². The fourth-order valence-corrected chi connectivity index (χ4v) is 3.69. The van der Waals surface area contributed by atoms with E-state index in [9.17, 15) is 14.4 Å². The third-order valence-corrected chi connectivity index (χ3v) is 4.95. The van der Waals surface area contributed by atoms with Crippen molar-refractivity contribution in [1.29, 1.82) is 0 Å². The predicted molar refractivity (Wildman–Crippen MR) is 109 cm³/mol. The fourth-order valence-electron chi connectivity index (χ4n) is 2.82. The van der Waals surface area contributed by atoms with Gasteiger partial charge in [0.15, 0.2) is 5.65 Å². The number of carbonyl (C=O) groups excluding carboxylic acids is 1. The summed E-state index contributed by atoms with van der Waals surface area (Å²) in [6.07, 6.45) is 0. The Labute approximate surface area is 167 Å². The first-order valence-corrected chi connectivity index (χ1v) is 10.0. The molecule has 0 aliphatic carbocycles. The lowest BCUT2D eigenvalue weighted by atomic mass is 10.2. The molecule has 2 aromatic rings. The number of amides is 1. The summed E-state index contributed by atoms with van der Waals surface area (Å²) in [5.74, 6) is 0.531. The van der Waals surface area contributed by atoms with E-state index in [0.717, 1.165) is 16.3 Å². The first-order chi connectivity index (χ1) is 13.1. The molecule has 154 valence electrons. The van der Waals surface area contributed by atoms with Gasteiger partial charge in [-0.25, -0.2) is 14.8 Å². The first-order valence-electron chi connectivity index (χ1n) is 9.05. The molecule has 0 spiro atoms. The van der Waals surface area contributed by atoms with E-state index < -0.39 is 11.2 Å². The zero-order chi connectivity index (χ0) is 21.0. The quantitative estimate of drug-likeness (QED) is 0.505. The summed E-state index contributed by atoms with van der Waals surface area (Å²) in [5.41, 5.74) is -0.563. The number of ether oxygens (including phenoxy) is 1. The van der Waals surface area contributed by atoms with E-state index in [2.05, 4.69) is 15.3 Å². The van der Waals surface area contributed by atoms with Crippen molar-refractivity contribution < 1.29 is 9.53 Å². The van der Waals surface area contributed by atoms with Crippen LogP contribution in [0.15, 0.2) is 14.6 Å². The molecule has 0 fully saturated rings. The van der Waals surface area contributed by atoms with Gasteiger partial charge < -0.3 is 10.1 Å². The van der Waals surface area contributed by atoms with Gasteiger partial charge in [0.05, 0.1) is 12.4 Å². The van der Waals surface area contributed by atoms with E-state index >= 15 is 0 Å². The van der Waals surface area contributed by atoms with E-state index in [1.165, 1.54) is 11.6 Å². The van der Waals surface area contributed by atoms with E-state index in [0.29, 0.717) is 29.6 Å². The molecule has 1 unspecified atom stereocenters. The average molecular weight is 410 g/mol. The Morgan fingerprint density at radius 1 is 1.25 bits per heavy atom. The molecule has 0 radical (unpaired) electrons. The minimum atomic E-state index is -0.462. The van der Waals surface area contributed by atoms with Gasteiger partial charge in [-0.2, -0.15) is 0 Å². The molecule has 0 saturated carbocycles. The molecule has 2 aromatic heterocycles. The highest BCUT2D eigenvalue weighted by Gasteiger charge is 2.19. The zero-order valence-electron chi connectivity index (χ0n) is 17.1. The molecule has 1 atom stereocenters. The highest BCUT2D eigenvalue weighted by Crippen LogP contribution is 2.22. The maximum atomic E-state index is 12.8. The number of rotatable bonds is 8. The number of hydrogen-bond acceptors (Lipinski definition) is 7. The van der Waals surface area contributed by atoms with Crippen molar-refractivity contribution in [1.82, 2.24) is 24.4 Å². The molecule has 0 bridgehead atoms. The summed E-state index contributed by atoms with van der Waals surface area (Å²) in [7, 11) is 3.01. The molecule has 0 aliphatic heterocycles. The van der Waals surface area contributed by atoms with Crippen molar-refractivity contribution >= 4 is 28.7 Å². The van der Waals surface area contributed by atoms with Gasteiger partial charge in [0.25, 0.3) is 5.56 Å². The topological polar surface area (TPSA) is 108 Å². The molecular formula is C18H27N5O4S. The van der Waals surface area contributed by atoms with E-state index in [1.54, 1.807) is 14.0 Å². The van der Waals surface area contributed by atoms with Crippen LogP contribution in [0.3, 0.4) is 0 Å². The van der Waals surface area contributed by atoms with Crippen LogP contribution < -0.4 is 16.6 Å². The number of fused-ring (bicyclic) bond motifs is 1. The number of nitrogens with one attached hydrogen (secondary N) is 1. The Morgan fingerprint density at radius 2 is 1.93 bits per heavy atom. The minimum absolute atomic E-state index is 0.0894. The van der Waals surface area contributed by atoms with Crippen LogP contribution in [0.5, 0.6) is 0 Å². The summed E-state index contributed by atoms with van der Waals surface area (Å²) in [4.78, 5) is 46.3. The predicted octanol–water partition coefficient (Wildman–Crippen LogP) is 0.698. The largest absolute Gasteiger partial charge is 0.383 e. The van der Waals surface area contributed by atoms with Crippen LogP contribution in [0.4, 0.5) is 0 Å². The molecule has 2 rings (SSSR count). The van der Waals surface area contributed by atoms with Crippen LogP contribution in [0, 0.1) is 12.8 Å². The van der Waals surface area contributed by atoms with Crippen LogP contribution in [-0.4, -0.2) is 50.5 Å². The third kappa shape index (κ3) is 4.99. The summed E-state index contributed by atoms with van der Waals surface area (Å²) in [6, 6.07) is -0.119. The van der Waals surface area contributed by atoms with Crippen LogP contribution in [0.2, 0.25) is 0 Å². The molecule has 2 heterocycles. The number of methoxy groups -OCH3 is 1. The molecule has 10 heteroatoms. The van der Waals surface area contributed by atoms with Crippen LogP contribution >= 0.6 is 11.8 Å². The molecule has 1 N–H and O–H groups in total. The third-order valence-electron chi connectivity index (χ3n) is 3.97. The summed E-state index contributed by atoms with van der Waals surface area (Å²) in [6.45, 7) is 8.35. The van der Waals surface area contributed by atoms with Crippen molar-refractivity contribution in [2.24, 2.45) is 13.0 Å². The smallest absolute Gasteiger partial charge is 0.332 e. The summed E-state index contributed by atoms with van der Waals surface area (Å²) >= 11 is 1.16. The van der Waals surface area contributed by atoms with Crippen LogP contribution in [-0.2, 0) is 23.1 Å². The minimum Gasteiger partial charge on any atom is -0.383 e. The van der Waals surface area contributed by atoms with Gasteiger partial charge in [-0.05, 0) is 19.8 Å². The van der Waals surface area contributed by atoms with Gasteiger partial charge in [-0.15, -0.1) is 0 Å². The van der Waals surface area contributed by atoms with E-state index in [4.69, 9.17) is 4.74 Å². The number of aromatic nitrogens is 4. The fraction of sp³-hybridized carbons (Fsp3) is 0.611. The van der Waals surface area contributed by atoms with Crippen LogP contribution in [0.1, 0.15) is 26.6 Å². The number of carbonyl (C=O) groups is 1. The van der Waals surface area contributed by atoms with Crippen molar-refractivity contribution in [2.45, 2.75) is 45.3 Å². The number of nitrogens with zero attached hydrogens (tertiary/aromatic N) is 4. The normalized spacial score (nSPS) is 12.5. The zero-order valence-corrected chi connectivity index (χ0v) is 17.9. The Balaban J connectivity index is 2.47. The Bertz CT molecular complexity index is 983. The maximum Gasteiger partial charge on any atom is 0.332 e. The monoisotopic (exact) mass is 409 g/mol. The van der Waals surface area contributed by atoms with Gasteiger partial charge in [-0.3, -0.25) is 18.7 Å². The lowest BCUT2D eigenvalue weighted by Crippen LogP contribution is -2.40. The molecule has 28 heavy (non-hydrogen) atoms. The van der Waals surface area contributed by atoms with Gasteiger partial charge in [-0.1, -0.05) is 25.6 Å². The van der Waals surface area contributed by atoms with Crippen LogP contribution in [0.25, 0.3) is 11.0 Å². The number of thioether (sulfide) groups is 1. The summed E-state index contributed by atoms with van der Waals surface area (Å²) in [5, 5.41) is 3.48. The summed E-state index contributed by atoms with van der Waals surface area (Å²) < 4.78 is 7.57. The standard InChI is InChI=1S/C18H27N5O4S/c1-10(2)7-23-15-14(17(25)22(5)18(23)26)16(21-12(4)20-15)28-9-13(24)19-11(3)8-27-6/h10-11H,7-9H2,1-6H3,(H,19,24). The van der Waals surface area contributed by atoms with E-state index in [1.807, 2.05) is 20.8 Å². The Morgan fingerprint density at radius 3 is 2.54 bits per heavy atom. The average Bonchev–Trinajstić information content (AvgIpc) is 2.61. The SMILES string of the molecule is COCC(C)NC(=O)CSc1nc(C)nc2c1c(=O)n(C)c(=O)n2CC(C)C. The van der Waals surface area contributed by atoms with Gasteiger partial charge >= 0.3 is 5.69 Å². The number of aryl methyl sites for hydroxylation is 1. The second-order valence-electron chi connectivity index (χ2n) is 7.14. The highest BCUT2D eigenvalue weighted by atomic mass is 32.2. The van der Waals surface area contributed by atoms with Gasteiger partial charge in [0.2, 0.25) is 5.91 Å². The van der Waals surface area contributed by atoms with Crippen molar-refractivity contribution in [3.05, 3.63) is 26.7 Å². The maximum absolute atomic E-state index is 12.8. The molecule has 0 aromatic carbocycles. The van der Waals surface area contributed by atoms with Crippen molar-refractivity contribution in [3.63, 3.8) is 0 Å². The van der Waals surface area contributed by atoms with E-state index in [-0.39, 0.29) is 29.0 Å². The molecule has 0 aliphatic rings. The Hall–Kier alpha value is -2.20. The lowest BCUT2D eigenvalue weighted by molar-refractivity contribution is -0.119.